The molecular weight excluding hydrogens is 511 g/mol. The summed E-state index contributed by atoms with van der Waals surface area (Å²) in [4.78, 5) is 25.8. The quantitative estimate of drug-likeness (QED) is 0.268. The molecule has 1 aliphatic rings. The minimum absolute atomic E-state index is 0.0308. The first-order valence-electron chi connectivity index (χ1n) is 13.0. The Kier molecular flexibility index (Phi) is 9.16. The van der Waals surface area contributed by atoms with Gasteiger partial charge in [0.25, 0.3) is 5.91 Å². The molecule has 0 bridgehead atoms. The first kappa shape index (κ1) is 28.1. The minimum atomic E-state index is -4.48. The van der Waals surface area contributed by atoms with E-state index in [4.69, 9.17) is 9.15 Å². The molecule has 0 radical (unpaired) electrons. The predicted octanol–water partition coefficient (Wildman–Crippen LogP) is 5.74. The molecule has 3 aromatic rings. The first-order valence-corrected chi connectivity index (χ1v) is 13.0. The molecule has 208 valence electrons. The van der Waals surface area contributed by atoms with Crippen molar-refractivity contribution in [2.24, 2.45) is 11.8 Å². The predicted molar refractivity (Wildman–Crippen MR) is 141 cm³/mol. The van der Waals surface area contributed by atoms with Crippen LogP contribution in [0, 0.1) is 11.8 Å². The molecule has 0 saturated heterocycles. The number of carbonyl (C=O) groups is 2. The fourth-order valence-corrected chi connectivity index (χ4v) is 4.82. The van der Waals surface area contributed by atoms with Crippen LogP contribution in [0.15, 0.2) is 65.1 Å². The number of ether oxygens (including phenoxy) is 1. The van der Waals surface area contributed by atoms with Crippen LogP contribution in [-0.4, -0.2) is 38.6 Å². The van der Waals surface area contributed by atoms with Crippen LogP contribution < -0.4 is 20.7 Å². The molecular formula is C29H32F3N3O4. The summed E-state index contributed by atoms with van der Waals surface area (Å²) in [5.74, 6) is 0.00888. The Morgan fingerprint density at radius 3 is 2.44 bits per heavy atom. The van der Waals surface area contributed by atoms with E-state index in [-0.39, 0.29) is 35.5 Å². The van der Waals surface area contributed by atoms with Crippen molar-refractivity contribution in [2.75, 3.05) is 32.1 Å². The molecule has 1 aliphatic carbocycles. The molecule has 2 aromatic carbocycles. The summed E-state index contributed by atoms with van der Waals surface area (Å²) in [6, 6.07) is 15.1. The topological polar surface area (TPSA) is 92.6 Å². The number of rotatable bonds is 11. The lowest BCUT2D eigenvalue weighted by Crippen LogP contribution is -2.43. The number of hydrogen-bond acceptors (Lipinski definition) is 5. The second-order valence-electron chi connectivity index (χ2n) is 9.55. The number of amides is 2. The maximum atomic E-state index is 13.1. The lowest BCUT2D eigenvalue weighted by molar-refractivity contribution is -0.137. The third kappa shape index (κ3) is 7.55. The smallest absolute Gasteiger partial charge is 0.416 e. The molecule has 1 fully saturated rings. The van der Waals surface area contributed by atoms with Crippen LogP contribution in [0.1, 0.15) is 41.8 Å². The van der Waals surface area contributed by atoms with Crippen molar-refractivity contribution < 1.29 is 31.9 Å². The Morgan fingerprint density at radius 2 is 1.74 bits per heavy atom. The van der Waals surface area contributed by atoms with Crippen molar-refractivity contribution in [3.63, 3.8) is 0 Å². The molecule has 2 amide bonds. The number of methoxy groups -OCH3 is 1. The average molecular weight is 544 g/mol. The van der Waals surface area contributed by atoms with Crippen molar-refractivity contribution >= 4 is 17.5 Å². The molecule has 10 heteroatoms. The zero-order valence-corrected chi connectivity index (χ0v) is 21.6. The van der Waals surface area contributed by atoms with Gasteiger partial charge in [0.1, 0.15) is 11.5 Å². The Hall–Kier alpha value is -3.95. The van der Waals surface area contributed by atoms with Gasteiger partial charge in [-0.1, -0.05) is 25.0 Å². The van der Waals surface area contributed by atoms with E-state index in [0.29, 0.717) is 13.1 Å². The van der Waals surface area contributed by atoms with Crippen LogP contribution >= 0.6 is 0 Å². The summed E-state index contributed by atoms with van der Waals surface area (Å²) in [6.45, 7) is 1.09. The summed E-state index contributed by atoms with van der Waals surface area (Å²) >= 11 is 0. The highest BCUT2D eigenvalue weighted by Gasteiger charge is 2.32. The van der Waals surface area contributed by atoms with E-state index < -0.39 is 23.6 Å². The van der Waals surface area contributed by atoms with Gasteiger partial charge in [-0.2, -0.15) is 13.2 Å². The van der Waals surface area contributed by atoms with Gasteiger partial charge in [-0.25, -0.2) is 0 Å². The normalized spacial score (nSPS) is 14.6. The maximum Gasteiger partial charge on any atom is 0.416 e. The summed E-state index contributed by atoms with van der Waals surface area (Å²) in [7, 11) is 1.60. The SMILES string of the molecule is COc1ccc(NCCNC(=O)[C@@H](CNC(=O)c2ccc(-c3cccc(C(F)(F)F)c3)o2)C2CCCC2)cc1. The third-order valence-electron chi connectivity index (χ3n) is 6.94. The largest absolute Gasteiger partial charge is 0.497 e. The molecule has 1 atom stereocenters. The third-order valence-corrected chi connectivity index (χ3v) is 6.94. The monoisotopic (exact) mass is 543 g/mol. The van der Waals surface area contributed by atoms with E-state index in [1.54, 1.807) is 7.11 Å². The van der Waals surface area contributed by atoms with E-state index in [2.05, 4.69) is 16.0 Å². The Balaban J connectivity index is 1.31. The molecule has 7 nitrogen and oxygen atoms in total. The fraction of sp³-hybridized carbons (Fsp3) is 0.379. The van der Waals surface area contributed by atoms with Gasteiger partial charge in [-0.15, -0.1) is 0 Å². The lowest BCUT2D eigenvalue weighted by Gasteiger charge is -2.23. The summed E-state index contributed by atoms with van der Waals surface area (Å²) < 4.78 is 49.9. The van der Waals surface area contributed by atoms with Gasteiger partial charge in [0.2, 0.25) is 5.91 Å². The fourth-order valence-electron chi connectivity index (χ4n) is 4.82. The number of benzene rings is 2. The van der Waals surface area contributed by atoms with Gasteiger partial charge >= 0.3 is 6.18 Å². The van der Waals surface area contributed by atoms with Crippen molar-refractivity contribution in [1.82, 2.24) is 10.6 Å². The number of anilines is 1. The lowest BCUT2D eigenvalue weighted by atomic mass is 9.90. The van der Waals surface area contributed by atoms with E-state index in [1.807, 2.05) is 24.3 Å². The van der Waals surface area contributed by atoms with E-state index in [0.717, 1.165) is 49.3 Å². The highest BCUT2D eigenvalue weighted by atomic mass is 19.4. The number of nitrogens with one attached hydrogen (secondary N) is 3. The van der Waals surface area contributed by atoms with Crippen LogP contribution in [0.2, 0.25) is 0 Å². The molecule has 3 N–H and O–H groups in total. The number of hydrogen-bond donors (Lipinski definition) is 3. The average Bonchev–Trinajstić information content (AvgIpc) is 3.64. The maximum absolute atomic E-state index is 13.1. The van der Waals surface area contributed by atoms with Gasteiger partial charge in [0.05, 0.1) is 18.6 Å². The van der Waals surface area contributed by atoms with Crippen molar-refractivity contribution in [1.29, 1.82) is 0 Å². The summed E-state index contributed by atoms with van der Waals surface area (Å²) in [6.07, 6.45) is -0.568. The van der Waals surface area contributed by atoms with Crippen LogP contribution in [0.4, 0.5) is 18.9 Å². The van der Waals surface area contributed by atoms with Crippen LogP contribution in [0.25, 0.3) is 11.3 Å². The van der Waals surface area contributed by atoms with Gasteiger partial charge < -0.3 is 25.1 Å². The highest BCUT2D eigenvalue weighted by molar-refractivity contribution is 5.92. The molecule has 0 aliphatic heterocycles. The molecule has 1 heterocycles. The Bertz CT molecular complexity index is 1250. The minimum Gasteiger partial charge on any atom is -0.497 e. The van der Waals surface area contributed by atoms with Gasteiger partial charge in [0, 0.05) is 30.9 Å². The van der Waals surface area contributed by atoms with E-state index in [1.165, 1.54) is 24.3 Å². The number of furan rings is 1. The van der Waals surface area contributed by atoms with Crippen LogP contribution in [-0.2, 0) is 11.0 Å². The molecule has 1 saturated carbocycles. The molecule has 1 aromatic heterocycles. The molecule has 0 unspecified atom stereocenters. The highest BCUT2D eigenvalue weighted by Crippen LogP contribution is 2.33. The number of alkyl halides is 3. The van der Waals surface area contributed by atoms with Gasteiger partial charge in [0.15, 0.2) is 5.76 Å². The van der Waals surface area contributed by atoms with Crippen molar-refractivity contribution in [3.8, 4) is 17.1 Å². The molecule has 39 heavy (non-hydrogen) atoms. The van der Waals surface area contributed by atoms with E-state index >= 15 is 0 Å². The Labute approximate surface area is 225 Å². The molecule has 4 rings (SSSR count). The van der Waals surface area contributed by atoms with Crippen LogP contribution in [0.3, 0.4) is 0 Å². The Morgan fingerprint density at radius 1 is 1.00 bits per heavy atom. The second-order valence-corrected chi connectivity index (χ2v) is 9.55. The van der Waals surface area contributed by atoms with Crippen molar-refractivity contribution in [3.05, 3.63) is 72.0 Å². The zero-order valence-electron chi connectivity index (χ0n) is 21.6. The summed E-state index contributed by atoms with van der Waals surface area (Å²) in [5, 5.41) is 8.99. The zero-order chi connectivity index (χ0) is 27.8. The van der Waals surface area contributed by atoms with Crippen LogP contribution in [0.5, 0.6) is 5.75 Å². The summed E-state index contributed by atoms with van der Waals surface area (Å²) in [5.41, 5.74) is 0.329. The number of carbonyl (C=O) groups excluding carboxylic acids is 2. The van der Waals surface area contributed by atoms with Gasteiger partial charge in [-0.3, -0.25) is 9.59 Å². The first-order chi connectivity index (χ1) is 18.7. The van der Waals surface area contributed by atoms with Crippen molar-refractivity contribution in [2.45, 2.75) is 31.9 Å². The number of halogens is 3. The van der Waals surface area contributed by atoms with Gasteiger partial charge in [-0.05, 0) is 67.3 Å². The second kappa shape index (κ2) is 12.7. The molecule has 0 spiro atoms. The van der Waals surface area contributed by atoms with E-state index in [9.17, 15) is 22.8 Å². The standard InChI is InChI=1S/C29H32F3N3O4/c1-38-23-11-9-22(10-12-23)33-15-16-34-27(36)24(19-5-2-3-6-19)18-35-28(37)26-14-13-25(39-26)20-7-4-8-21(17-20)29(30,31)32/h4,7-14,17,19,24,33H,2-3,5-6,15-16,18H2,1H3,(H,34,36)(H,35,37)/t24-/m0/s1.